The molecule has 0 atom stereocenters. The van der Waals surface area contributed by atoms with Gasteiger partial charge in [-0.05, 0) is 31.2 Å². The zero-order valence-electron chi connectivity index (χ0n) is 12.4. The van der Waals surface area contributed by atoms with E-state index in [-0.39, 0.29) is 5.56 Å². The number of carboxylic acid groups (broad SMARTS) is 1. The summed E-state index contributed by atoms with van der Waals surface area (Å²) in [4.78, 5) is 22.3. The minimum atomic E-state index is -1.36. The van der Waals surface area contributed by atoms with Crippen LogP contribution in [0.3, 0.4) is 0 Å². The van der Waals surface area contributed by atoms with Gasteiger partial charge in [0.15, 0.2) is 11.5 Å². The van der Waals surface area contributed by atoms with Crippen LogP contribution in [0.25, 0.3) is 11.3 Å². The van der Waals surface area contributed by atoms with Crippen molar-refractivity contribution in [1.29, 1.82) is 0 Å². The van der Waals surface area contributed by atoms with Crippen molar-refractivity contribution in [2.45, 2.75) is 6.92 Å². The van der Waals surface area contributed by atoms with E-state index in [4.69, 9.17) is 13.9 Å². The quantitative estimate of drug-likeness (QED) is 0.882. The lowest BCUT2D eigenvalue weighted by Gasteiger charge is -2.18. The van der Waals surface area contributed by atoms with Gasteiger partial charge < -0.3 is 29.1 Å². The molecule has 120 valence electrons. The van der Waals surface area contributed by atoms with Gasteiger partial charge in [0.1, 0.15) is 24.7 Å². The number of carbonyl (C=O) groups excluding carboxylic acids is 2. The van der Waals surface area contributed by atoms with Gasteiger partial charge in [-0.2, -0.15) is 0 Å². The van der Waals surface area contributed by atoms with E-state index in [1.54, 1.807) is 31.2 Å². The Morgan fingerprint density at radius 2 is 1.91 bits per heavy atom. The summed E-state index contributed by atoms with van der Waals surface area (Å²) in [6.45, 7) is 2.07. The van der Waals surface area contributed by atoms with Gasteiger partial charge in [0.2, 0.25) is 0 Å². The molecule has 7 nitrogen and oxygen atoms in total. The fraction of sp³-hybridized carbons (Fsp3) is 0.250. The monoisotopic (exact) mass is 316 g/mol. The third-order valence-corrected chi connectivity index (χ3v) is 3.38. The first-order valence-electron chi connectivity index (χ1n) is 7.03. The van der Waals surface area contributed by atoms with Crippen LogP contribution in [-0.4, -0.2) is 31.6 Å². The predicted octanol–water partition coefficient (Wildman–Crippen LogP) is 0.506. The van der Waals surface area contributed by atoms with Crippen molar-refractivity contribution in [3.63, 3.8) is 0 Å². The summed E-state index contributed by atoms with van der Waals surface area (Å²) < 4.78 is 16.6. The first kappa shape index (κ1) is 15.0. The smallest absolute Gasteiger partial charge is 0.255 e. The molecule has 2 heterocycles. The molecule has 0 spiro atoms. The Labute approximate surface area is 131 Å². The molecule has 1 aromatic carbocycles. The SMILES string of the molecule is Cc1oc(-c2ccc3c(c2)OCCO3)cc1C(=O)NCC(=O)[O-]. The topological polar surface area (TPSA) is 101 Å². The van der Waals surface area contributed by atoms with Crippen LogP contribution in [0.4, 0.5) is 0 Å². The number of hydrogen-bond donors (Lipinski definition) is 1. The second-order valence-electron chi connectivity index (χ2n) is 4.99. The highest BCUT2D eigenvalue weighted by Gasteiger charge is 2.18. The molecule has 0 fully saturated rings. The number of carboxylic acids is 1. The lowest BCUT2D eigenvalue weighted by molar-refractivity contribution is -0.303. The predicted molar refractivity (Wildman–Crippen MR) is 77.2 cm³/mol. The molecule has 0 saturated heterocycles. The van der Waals surface area contributed by atoms with Gasteiger partial charge >= 0.3 is 0 Å². The van der Waals surface area contributed by atoms with Crippen LogP contribution in [0.2, 0.25) is 0 Å². The minimum absolute atomic E-state index is 0.274. The van der Waals surface area contributed by atoms with E-state index < -0.39 is 18.4 Å². The van der Waals surface area contributed by atoms with E-state index in [1.807, 2.05) is 0 Å². The highest BCUT2D eigenvalue weighted by atomic mass is 16.6. The van der Waals surface area contributed by atoms with E-state index in [0.29, 0.717) is 36.2 Å². The summed E-state index contributed by atoms with van der Waals surface area (Å²) in [5.74, 6) is 0.274. The zero-order valence-corrected chi connectivity index (χ0v) is 12.4. The van der Waals surface area contributed by atoms with Crippen LogP contribution >= 0.6 is 0 Å². The van der Waals surface area contributed by atoms with Crippen LogP contribution in [0.15, 0.2) is 28.7 Å². The molecule has 0 saturated carbocycles. The molecule has 2 aromatic rings. The van der Waals surface area contributed by atoms with Crippen LogP contribution < -0.4 is 19.9 Å². The van der Waals surface area contributed by atoms with Crippen LogP contribution in [0.5, 0.6) is 11.5 Å². The molecule has 0 radical (unpaired) electrons. The highest BCUT2D eigenvalue weighted by Crippen LogP contribution is 2.35. The maximum absolute atomic E-state index is 11.9. The first-order chi connectivity index (χ1) is 11.0. The van der Waals surface area contributed by atoms with Crippen molar-refractivity contribution in [1.82, 2.24) is 5.32 Å². The van der Waals surface area contributed by atoms with Crippen molar-refractivity contribution in [2.75, 3.05) is 19.8 Å². The summed E-state index contributed by atoms with van der Waals surface area (Å²) in [5.41, 5.74) is 1.01. The normalized spacial score (nSPS) is 12.7. The zero-order chi connectivity index (χ0) is 16.4. The molecule has 23 heavy (non-hydrogen) atoms. The average Bonchev–Trinajstić information content (AvgIpc) is 2.94. The molecule has 0 bridgehead atoms. The molecular weight excluding hydrogens is 302 g/mol. The van der Waals surface area contributed by atoms with E-state index in [0.717, 1.165) is 5.56 Å². The van der Waals surface area contributed by atoms with E-state index in [9.17, 15) is 14.7 Å². The van der Waals surface area contributed by atoms with Gasteiger partial charge in [-0.3, -0.25) is 4.79 Å². The van der Waals surface area contributed by atoms with Crippen molar-refractivity contribution in [3.8, 4) is 22.8 Å². The fourth-order valence-electron chi connectivity index (χ4n) is 2.29. The molecule has 1 amide bonds. The molecule has 3 rings (SSSR count). The summed E-state index contributed by atoms with van der Waals surface area (Å²) >= 11 is 0. The van der Waals surface area contributed by atoms with E-state index in [1.165, 1.54) is 0 Å². The Morgan fingerprint density at radius 1 is 1.17 bits per heavy atom. The van der Waals surface area contributed by atoms with Crippen molar-refractivity contribution >= 4 is 11.9 Å². The van der Waals surface area contributed by atoms with E-state index in [2.05, 4.69) is 5.32 Å². The highest BCUT2D eigenvalue weighted by molar-refractivity contribution is 5.97. The van der Waals surface area contributed by atoms with Crippen molar-refractivity contribution in [3.05, 3.63) is 35.6 Å². The average molecular weight is 316 g/mol. The number of nitrogens with one attached hydrogen (secondary N) is 1. The summed E-state index contributed by atoms with van der Waals surface area (Å²) in [6, 6.07) is 6.91. The molecule has 0 aliphatic carbocycles. The number of rotatable bonds is 4. The summed E-state index contributed by atoms with van der Waals surface area (Å²) in [5, 5.41) is 12.7. The third-order valence-electron chi connectivity index (χ3n) is 3.38. The molecule has 1 aromatic heterocycles. The Hall–Kier alpha value is -2.96. The van der Waals surface area contributed by atoms with Crippen molar-refractivity contribution in [2.24, 2.45) is 0 Å². The number of furan rings is 1. The molecular formula is C16H14NO6-. The molecule has 1 N–H and O–H groups in total. The lowest BCUT2D eigenvalue weighted by Crippen LogP contribution is -2.37. The number of aryl methyl sites for hydroxylation is 1. The number of aliphatic carboxylic acids is 1. The second kappa shape index (κ2) is 6.04. The van der Waals surface area contributed by atoms with Crippen molar-refractivity contribution < 1.29 is 28.6 Å². The molecule has 1 aliphatic heterocycles. The molecule has 1 aliphatic rings. The number of fused-ring (bicyclic) bond motifs is 1. The Kier molecular flexibility index (Phi) is 3.92. The summed E-state index contributed by atoms with van der Waals surface area (Å²) in [6.07, 6.45) is 0. The van der Waals surface area contributed by atoms with Gasteiger partial charge in [-0.1, -0.05) is 0 Å². The minimum Gasteiger partial charge on any atom is -0.548 e. The maximum Gasteiger partial charge on any atom is 0.255 e. The lowest BCUT2D eigenvalue weighted by atomic mass is 10.1. The molecule has 0 unspecified atom stereocenters. The number of benzene rings is 1. The largest absolute Gasteiger partial charge is 0.548 e. The fourth-order valence-corrected chi connectivity index (χ4v) is 2.29. The number of ether oxygens (including phenoxy) is 2. The van der Waals surface area contributed by atoms with Crippen LogP contribution in [0.1, 0.15) is 16.1 Å². The van der Waals surface area contributed by atoms with E-state index >= 15 is 0 Å². The Balaban J connectivity index is 1.85. The Morgan fingerprint density at radius 3 is 2.65 bits per heavy atom. The standard InChI is InChI=1S/C16H15NO6/c1-9-11(16(20)17-8-15(18)19)7-13(23-9)10-2-3-12-14(6-10)22-5-4-21-12/h2-3,6-7H,4-5,8H2,1H3,(H,17,20)(H,18,19)/p-1. The first-order valence-corrected chi connectivity index (χ1v) is 7.03. The van der Waals surface area contributed by atoms with Gasteiger partial charge in [-0.15, -0.1) is 0 Å². The number of amides is 1. The Bertz CT molecular complexity index is 764. The van der Waals surface area contributed by atoms with Gasteiger partial charge in [-0.25, -0.2) is 0 Å². The summed E-state index contributed by atoms with van der Waals surface area (Å²) in [7, 11) is 0. The maximum atomic E-state index is 11.9. The number of carbonyl (C=O) groups is 2. The third kappa shape index (κ3) is 3.13. The number of hydrogen-bond acceptors (Lipinski definition) is 6. The second-order valence-corrected chi connectivity index (χ2v) is 4.99. The van der Waals surface area contributed by atoms with Gasteiger partial charge in [0, 0.05) is 5.56 Å². The molecule has 7 heteroatoms. The van der Waals surface area contributed by atoms with Crippen LogP contribution in [-0.2, 0) is 4.79 Å². The van der Waals surface area contributed by atoms with Gasteiger partial charge in [0.05, 0.1) is 18.1 Å². The van der Waals surface area contributed by atoms with Gasteiger partial charge in [0.25, 0.3) is 5.91 Å². The van der Waals surface area contributed by atoms with Crippen LogP contribution in [0, 0.1) is 6.92 Å².